The number of carbonyl (C=O) groups excluding carboxylic acids is 1. The first-order valence-electron chi connectivity index (χ1n) is 5.97. The van der Waals surface area contributed by atoms with Gasteiger partial charge in [-0.3, -0.25) is 4.79 Å². The zero-order valence-corrected chi connectivity index (χ0v) is 10.5. The molecule has 6 heteroatoms. The van der Waals surface area contributed by atoms with E-state index in [0.29, 0.717) is 12.2 Å². The zero-order valence-electron chi connectivity index (χ0n) is 9.69. The van der Waals surface area contributed by atoms with Gasteiger partial charge in [-0.15, -0.1) is 5.10 Å². The number of nitrogens with one attached hydrogen (secondary N) is 1. The Bertz CT molecular complexity index is 359. The van der Waals surface area contributed by atoms with Gasteiger partial charge in [-0.1, -0.05) is 30.2 Å². The van der Waals surface area contributed by atoms with Crippen molar-refractivity contribution in [2.75, 3.05) is 6.54 Å². The van der Waals surface area contributed by atoms with Gasteiger partial charge in [0.1, 0.15) is 0 Å². The zero-order chi connectivity index (χ0) is 12.1. The van der Waals surface area contributed by atoms with Gasteiger partial charge in [0.05, 0.1) is 5.60 Å². The van der Waals surface area contributed by atoms with E-state index in [1.807, 2.05) is 0 Å². The van der Waals surface area contributed by atoms with E-state index in [1.54, 1.807) is 5.38 Å². The highest BCUT2D eigenvalue weighted by molar-refractivity contribution is 7.03. The highest BCUT2D eigenvalue weighted by atomic mass is 32.1. The van der Waals surface area contributed by atoms with Gasteiger partial charge in [0.2, 0.25) is 0 Å². The monoisotopic (exact) mass is 255 g/mol. The smallest absolute Gasteiger partial charge is 0.272 e. The van der Waals surface area contributed by atoms with Gasteiger partial charge in [0, 0.05) is 11.9 Å². The summed E-state index contributed by atoms with van der Waals surface area (Å²) in [7, 11) is 0. The van der Waals surface area contributed by atoms with E-state index in [1.165, 1.54) is 12.8 Å². The maximum atomic E-state index is 11.7. The molecule has 0 atom stereocenters. The van der Waals surface area contributed by atoms with Gasteiger partial charge in [-0.25, -0.2) is 0 Å². The van der Waals surface area contributed by atoms with Gasteiger partial charge in [0.15, 0.2) is 5.69 Å². The molecule has 1 amide bonds. The second-order valence-corrected chi connectivity index (χ2v) is 5.22. The molecule has 0 aliphatic heterocycles. The first-order valence-corrected chi connectivity index (χ1v) is 6.81. The molecule has 1 fully saturated rings. The number of nitrogens with zero attached hydrogens (tertiary/aromatic N) is 2. The van der Waals surface area contributed by atoms with Crippen LogP contribution in [0.5, 0.6) is 0 Å². The molecule has 1 aromatic rings. The van der Waals surface area contributed by atoms with E-state index in [-0.39, 0.29) is 5.91 Å². The van der Waals surface area contributed by atoms with Crippen molar-refractivity contribution in [1.82, 2.24) is 14.9 Å². The molecule has 0 bridgehead atoms. The summed E-state index contributed by atoms with van der Waals surface area (Å²) in [5.41, 5.74) is -0.414. The number of amides is 1. The minimum atomic E-state index is -0.740. The molecule has 1 saturated carbocycles. The number of rotatable bonds is 3. The maximum Gasteiger partial charge on any atom is 0.272 e. The van der Waals surface area contributed by atoms with Crippen molar-refractivity contribution in [3.63, 3.8) is 0 Å². The van der Waals surface area contributed by atoms with Gasteiger partial charge < -0.3 is 10.4 Å². The molecule has 0 aromatic carbocycles. The predicted octanol–water partition coefficient (Wildman–Crippen LogP) is 1.35. The van der Waals surface area contributed by atoms with Crippen LogP contribution in [0.25, 0.3) is 0 Å². The summed E-state index contributed by atoms with van der Waals surface area (Å²) in [5, 5.41) is 18.4. The fraction of sp³-hybridized carbons (Fsp3) is 0.727. The van der Waals surface area contributed by atoms with Crippen molar-refractivity contribution in [2.45, 2.75) is 44.1 Å². The van der Waals surface area contributed by atoms with E-state index in [2.05, 4.69) is 14.9 Å². The molecule has 0 spiro atoms. The first kappa shape index (κ1) is 12.4. The van der Waals surface area contributed by atoms with Gasteiger partial charge in [-0.05, 0) is 24.4 Å². The van der Waals surface area contributed by atoms with Crippen LogP contribution in [0.1, 0.15) is 49.0 Å². The van der Waals surface area contributed by atoms with Crippen LogP contribution in [0.4, 0.5) is 0 Å². The van der Waals surface area contributed by atoms with Gasteiger partial charge in [0.25, 0.3) is 5.91 Å². The Morgan fingerprint density at radius 1 is 1.41 bits per heavy atom. The lowest BCUT2D eigenvalue weighted by Crippen LogP contribution is -2.42. The average molecular weight is 255 g/mol. The van der Waals surface area contributed by atoms with Crippen molar-refractivity contribution >= 4 is 17.4 Å². The Balaban J connectivity index is 1.86. The SMILES string of the molecule is O=C(NCC1(O)CCCCCC1)c1csnn1. The number of carbonyl (C=O) groups is 1. The Morgan fingerprint density at radius 3 is 2.71 bits per heavy atom. The number of hydrogen-bond acceptors (Lipinski definition) is 5. The Labute approximate surface area is 104 Å². The normalized spacial score (nSPS) is 19.6. The van der Waals surface area contributed by atoms with Crippen molar-refractivity contribution in [1.29, 1.82) is 0 Å². The van der Waals surface area contributed by atoms with Crippen molar-refractivity contribution in [3.05, 3.63) is 11.1 Å². The summed E-state index contributed by atoms with van der Waals surface area (Å²) >= 11 is 1.15. The minimum absolute atomic E-state index is 0.253. The van der Waals surface area contributed by atoms with Crippen LogP contribution in [-0.4, -0.2) is 32.7 Å². The molecule has 2 N–H and O–H groups in total. The van der Waals surface area contributed by atoms with Crippen LogP contribution >= 0.6 is 11.5 Å². The summed E-state index contributed by atoms with van der Waals surface area (Å²) in [6, 6.07) is 0. The first-order chi connectivity index (χ1) is 8.20. The molecule has 1 heterocycles. The summed E-state index contributed by atoms with van der Waals surface area (Å²) in [5.74, 6) is -0.253. The van der Waals surface area contributed by atoms with E-state index in [4.69, 9.17) is 0 Å². The van der Waals surface area contributed by atoms with Crippen LogP contribution in [0.3, 0.4) is 0 Å². The largest absolute Gasteiger partial charge is 0.388 e. The Morgan fingerprint density at radius 2 is 2.12 bits per heavy atom. The molecule has 1 aromatic heterocycles. The average Bonchev–Trinajstić information content (AvgIpc) is 2.77. The minimum Gasteiger partial charge on any atom is -0.388 e. The lowest BCUT2D eigenvalue weighted by Gasteiger charge is -2.26. The maximum absolute atomic E-state index is 11.7. The summed E-state index contributed by atoms with van der Waals surface area (Å²) in [4.78, 5) is 11.7. The van der Waals surface area contributed by atoms with Crippen molar-refractivity contribution in [2.24, 2.45) is 0 Å². The lowest BCUT2D eigenvalue weighted by molar-refractivity contribution is 0.0246. The third kappa shape index (κ3) is 3.47. The molecular weight excluding hydrogens is 238 g/mol. The summed E-state index contributed by atoms with van der Waals surface area (Å²) in [6.07, 6.45) is 5.94. The Kier molecular flexibility index (Phi) is 4.06. The van der Waals surface area contributed by atoms with Crippen molar-refractivity contribution in [3.8, 4) is 0 Å². The van der Waals surface area contributed by atoms with E-state index >= 15 is 0 Å². The van der Waals surface area contributed by atoms with Gasteiger partial charge >= 0.3 is 0 Å². The quantitative estimate of drug-likeness (QED) is 0.800. The predicted molar refractivity (Wildman–Crippen MR) is 64.9 cm³/mol. The fourth-order valence-electron chi connectivity index (χ4n) is 2.16. The molecule has 5 nitrogen and oxygen atoms in total. The van der Waals surface area contributed by atoms with E-state index < -0.39 is 5.60 Å². The van der Waals surface area contributed by atoms with E-state index in [9.17, 15) is 9.90 Å². The second kappa shape index (κ2) is 5.55. The molecule has 94 valence electrons. The highest BCUT2D eigenvalue weighted by Gasteiger charge is 2.28. The molecule has 0 unspecified atom stereocenters. The van der Waals surface area contributed by atoms with E-state index in [0.717, 1.165) is 37.2 Å². The summed E-state index contributed by atoms with van der Waals surface area (Å²) < 4.78 is 3.64. The number of hydrogen-bond donors (Lipinski definition) is 2. The lowest BCUT2D eigenvalue weighted by atomic mass is 9.94. The number of aromatic nitrogens is 2. The molecule has 1 aliphatic carbocycles. The molecular formula is C11H17N3O2S. The van der Waals surface area contributed by atoms with Crippen LogP contribution in [0.2, 0.25) is 0 Å². The standard InChI is InChI=1S/C11H17N3O2S/c15-10(9-7-17-14-13-9)12-8-11(16)5-3-1-2-4-6-11/h7,16H,1-6,8H2,(H,12,15). The van der Waals surface area contributed by atoms with Crippen LogP contribution < -0.4 is 5.32 Å². The fourth-order valence-corrected chi connectivity index (χ4v) is 2.60. The molecule has 0 radical (unpaired) electrons. The summed E-state index contributed by atoms with van der Waals surface area (Å²) in [6.45, 7) is 0.309. The van der Waals surface area contributed by atoms with Crippen LogP contribution in [0.15, 0.2) is 5.38 Å². The third-order valence-corrected chi connectivity index (χ3v) is 3.71. The topological polar surface area (TPSA) is 75.1 Å². The second-order valence-electron chi connectivity index (χ2n) is 4.61. The molecule has 17 heavy (non-hydrogen) atoms. The van der Waals surface area contributed by atoms with Crippen LogP contribution in [0, 0.1) is 0 Å². The van der Waals surface area contributed by atoms with Gasteiger partial charge in [-0.2, -0.15) is 0 Å². The highest BCUT2D eigenvalue weighted by Crippen LogP contribution is 2.26. The molecule has 0 saturated heterocycles. The Hall–Kier alpha value is -1.01. The number of aliphatic hydroxyl groups is 1. The van der Waals surface area contributed by atoms with Crippen LogP contribution in [-0.2, 0) is 0 Å². The third-order valence-electron chi connectivity index (χ3n) is 3.20. The molecule has 2 rings (SSSR count). The molecule has 1 aliphatic rings. The van der Waals surface area contributed by atoms with Crippen molar-refractivity contribution < 1.29 is 9.90 Å².